The van der Waals surface area contributed by atoms with Gasteiger partial charge in [-0.3, -0.25) is 9.59 Å². The van der Waals surface area contributed by atoms with Gasteiger partial charge < -0.3 is 32.1 Å². The maximum atomic E-state index is 11.3. The summed E-state index contributed by atoms with van der Waals surface area (Å²) in [6.07, 6.45) is 9.86. The van der Waals surface area contributed by atoms with E-state index in [1.807, 2.05) is 0 Å². The van der Waals surface area contributed by atoms with Crippen LogP contribution in [-0.4, -0.2) is 45.5 Å². The van der Waals surface area contributed by atoms with E-state index >= 15 is 0 Å². The van der Waals surface area contributed by atoms with Crippen LogP contribution in [-0.2, 0) is 20.4 Å². The molecule has 6 rings (SSSR count). The van der Waals surface area contributed by atoms with E-state index in [-0.39, 0.29) is 40.7 Å². The fourth-order valence-corrected chi connectivity index (χ4v) is 7.88. The molecule has 0 amide bonds. The second-order valence-electron chi connectivity index (χ2n) is 13.9. The fourth-order valence-electron chi connectivity index (χ4n) is 7.88. The van der Waals surface area contributed by atoms with Gasteiger partial charge in [-0.05, 0) is 78.4 Å². The molecule has 0 unspecified atom stereocenters. The van der Waals surface area contributed by atoms with Crippen LogP contribution in [0.5, 0.6) is 0 Å². The number of allylic oxidation sites excluding steroid dienone is 4. The van der Waals surface area contributed by atoms with Gasteiger partial charge in [0.1, 0.15) is 6.54 Å². The van der Waals surface area contributed by atoms with E-state index in [4.69, 9.17) is 0 Å². The minimum absolute atomic E-state index is 0. The topological polar surface area (TPSA) is 80.9 Å². The van der Waals surface area contributed by atoms with Crippen LogP contribution in [0.3, 0.4) is 0 Å². The van der Waals surface area contributed by atoms with Crippen molar-refractivity contribution in [3.05, 3.63) is 108 Å². The van der Waals surface area contributed by atoms with E-state index in [0.29, 0.717) is 12.8 Å². The van der Waals surface area contributed by atoms with Gasteiger partial charge in [0.2, 0.25) is 5.69 Å². The van der Waals surface area contributed by atoms with Gasteiger partial charge in [0.15, 0.2) is 5.71 Å². The first-order valence-corrected chi connectivity index (χ1v) is 16.8. The summed E-state index contributed by atoms with van der Waals surface area (Å²) in [5.74, 6) is -1.51. The summed E-state index contributed by atoms with van der Waals surface area (Å²) in [7, 11) is 0. The Morgan fingerprint density at radius 2 is 1.31 bits per heavy atom. The van der Waals surface area contributed by atoms with Gasteiger partial charge in [-0.1, -0.05) is 74.5 Å². The van der Waals surface area contributed by atoms with Gasteiger partial charge in [0.25, 0.3) is 0 Å². The summed E-state index contributed by atoms with van der Waals surface area (Å²) in [5, 5.41) is 23.4. The molecule has 48 heavy (non-hydrogen) atoms. The highest BCUT2D eigenvalue weighted by Gasteiger charge is 2.45. The molecule has 4 aromatic carbocycles. The quantitative estimate of drug-likeness (QED) is 0.137. The molecule has 2 aliphatic heterocycles. The molecule has 0 fully saturated rings. The Morgan fingerprint density at radius 1 is 0.729 bits per heavy atom. The summed E-state index contributed by atoms with van der Waals surface area (Å²) in [5.41, 5.74) is 6.86. The maximum absolute atomic E-state index is 11.3. The lowest BCUT2D eigenvalue weighted by atomic mass is 9.79. The lowest BCUT2D eigenvalue weighted by Gasteiger charge is -2.27. The molecule has 7 heteroatoms. The van der Waals surface area contributed by atoms with E-state index < -0.39 is 11.9 Å². The zero-order chi connectivity index (χ0) is 33.3. The molecule has 4 aromatic rings. The number of aliphatic carboxylic acids is 2. The molecular formula is C41H45BrN2O4. The second-order valence-corrected chi connectivity index (χ2v) is 13.9. The number of nitrogens with zero attached hydrogens (tertiary/aromatic N) is 2. The molecule has 0 bridgehead atoms. The Balaban J connectivity index is 0.00000451. The third kappa shape index (κ3) is 6.45. The molecule has 0 saturated carbocycles. The largest absolute Gasteiger partial charge is 1.00 e. The predicted molar refractivity (Wildman–Crippen MR) is 191 cm³/mol. The second kappa shape index (κ2) is 14.1. The van der Waals surface area contributed by atoms with Gasteiger partial charge in [-0.2, -0.15) is 4.58 Å². The summed E-state index contributed by atoms with van der Waals surface area (Å²) in [6, 6.07) is 25.9. The normalized spacial score (nSPS) is 16.9. The number of hydrogen-bond acceptors (Lipinski definition) is 3. The number of carboxylic acids is 2. The lowest BCUT2D eigenvalue weighted by Crippen LogP contribution is -3.00. The first kappa shape index (κ1) is 35.1. The van der Waals surface area contributed by atoms with Crippen molar-refractivity contribution in [1.82, 2.24) is 0 Å². The Bertz CT molecular complexity index is 1970. The smallest absolute Gasteiger partial charge is 0.303 e. The minimum atomic E-state index is -0.755. The highest BCUT2D eigenvalue weighted by atomic mass is 79.9. The number of anilines is 1. The average molecular weight is 710 g/mol. The molecule has 0 spiro atoms. The molecule has 0 aliphatic carbocycles. The van der Waals surface area contributed by atoms with Crippen LogP contribution in [0, 0.1) is 0 Å². The predicted octanol–water partition coefficient (Wildman–Crippen LogP) is 6.12. The Kier molecular flexibility index (Phi) is 10.3. The molecule has 0 atom stereocenters. The third-order valence-corrected chi connectivity index (χ3v) is 10.1. The Labute approximate surface area is 293 Å². The highest BCUT2D eigenvalue weighted by molar-refractivity contribution is 6.07. The summed E-state index contributed by atoms with van der Waals surface area (Å²) in [4.78, 5) is 24.9. The molecule has 6 nitrogen and oxygen atoms in total. The summed E-state index contributed by atoms with van der Waals surface area (Å²) < 4.78 is 2.39. The first-order chi connectivity index (χ1) is 22.5. The first-order valence-electron chi connectivity index (χ1n) is 16.8. The molecule has 250 valence electrons. The summed E-state index contributed by atoms with van der Waals surface area (Å²) >= 11 is 0. The van der Waals surface area contributed by atoms with Crippen LogP contribution in [0.15, 0.2) is 96.7 Å². The van der Waals surface area contributed by atoms with Crippen LogP contribution < -0.4 is 21.9 Å². The minimum Gasteiger partial charge on any atom is -1.00 e. The number of halogens is 1. The van der Waals surface area contributed by atoms with Crippen molar-refractivity contribution in [2.45, 2.75) is 77.0 Å². The van der Waals surface area contributed by atoms with E-state index in [1.165, 1.54) is 55.5 Å². The van der Waals surface area contributed by atoms with Crippen molar-refractivity contribution in [3.8, 4) is 0 Å². The Hall–Kier alpha value is -4.23. The van der Waals surface area contributed by atoms with Crippen molar-refractivity contribution in [3.63, 3.8) is 0 Å². The number of rotatable bonds is 12. The Morgan fingerprint density at radius 3 is 1.96 bits per heavy atom. The zero-order valence-corrected chi connectivity index (χ0v) is 29.9. The van der Waals surface area contributed by atoms with Crippen molar-refractivity contribution < 1.29 is 41.4 Å². The monoisotopic (exact) mass is 708 g/mol. The average Bonchev–Trinajstić information content (AvgIpc) is 3.39. The van der Waals surface area contributed by atoms with E-state index in [2.05, 4.69) is 128 Å². The van der Waals surface area contributed by atoms with Crippen molar-refractivity contribution in [2.24, 2.45) is 0 Å². The number of carboxylic acid groups (broad SMARTS) is 2. The number of fused-ring (bicyclic) bond motifs is 6. The van der Waals surface area contributed by atoms with E-state index in [9.17, 15) is 19.8 Å². The highest BCUT2D eigenvalue weighted by Crippen LogP contribution is 2.51. The molecule has 2 heterocycles. The molecule has 2 N–H and O–H groups in total. The van der Waals surface area contributed by atoms with Gasteiger partial charge in [-0.15, -0.1) is 0 Å². The van der Waals surface area contributed by atoms with Gasteiger partial charge in [0, 0.05) is 60.3 Å². The van der Waals surface area contributed by atoms with E-state index in [1.54, 1.807) is 0 Å². The summed E-state index contributed by atoms with van der Waals surface area (Å²) in [6.45, 7) is 10.7. The molecule has 0 radical (unpaired) electrons. The fraction of sp³-hybridized carbons (Fsp3) is 0.341. The number of hydrogen-bond donors (Lipinski definition) is 2. The number of carbonyl (C=O) groups is 2. The van der Waals surface area contributed by atoms with Crippen LogP contribution in [0.25, 0.3) is 21.5 Å². The van der Waals surface area contributed by atoms with Gasteiger partial charge in [0.05, 0.1) is 5.41 Å². The van der Waals surface area contributed by atoms with Crippen LogP contribution in [0.1, 0.15) is 77.3 Å². The number of unbranched alkanes of at least 4 members (excludes halogenated alkanes) is 2. The third-order valence-electron chi connectivity index (χ3n) is 10.1. The standard InChI is InChI=1S/C41H44N2O4.BrH/c1-40(2)34(42(26-11-9-20-36(44)45)32-24-22-28-14-5-7-16-30(28)38(32)40)18-13-19-35-41(3,4)39-31-17-8-6-15-29(31)23-25-33(39)43(35)27-12-10-21-37(46)47;/h5-8,13-19,22-25H,9-12,20-21,26-27H2,1-4H3,(H-,44,45,46,47);1H. The molecular weight excluding hydrogens is 664 g/mol. The van der Waals surface area contributed by atoms with E-state index in [0.717, 1.165) is 25.9 Å². The van der Waals surface area contributed by atoms with Crippen LogP contribution in [0.2, 0.25) is 0 Å². The molecule has 0 aromatic heterocycles. The van der Waals surface area contributed by atoms with Gasteiger partial charge >= 0.3 is 11.9 Å². The van der Waals surface area contributed by atoms with Crippen molar-refractivity contribution >= 4 is 50.6 Å². The molecule has 0 saturated heterocycles. The van der Waals surface area contributed by atoms with Crippen LogP contribution >= 0.6 is 0 Å². The number of benzene rings is 4. The van der Waals surface area contributed by atoms with Crippen molar-refractivity contribution in [1.29, 1.82) is 0 Å². The maximum Gasteiger partial charge on any atom is 0.303 e. The SMILES string of the molecule is CC1(C)C(/C=C/C=C2\N(CCCCC(=O)O)c3ccc4ccccc4c3C2(C)C)=[N+](CCCCC(=O)O)c2ccc3ccccc3c21.[Br-]. The molecule has 2 aliphatic rings. The lowest BCUT2D eigenvalue weighted by molar-refractivity contribution is -0.438. The zero-order valence-electron chi connectivity index (χ0n) is 28.3. The van der Waals surface area contributed by atoms with Gasteiger partial charge in [-0.25, -0.2) is 0 Å². The van der Waals surface area contributed by atoms with Crippen molar-refractivity contribution in [2.75, 3.05) is 18.0 Å². The van der Waals surface area contributed by atoms with Crippen LogP contribution in [0.4, 0.5) is 11.4 Å².